The number of unbranched alkanes of at least 4 members (excludes halogenated alkanes) is 7. The van der Waals surface area contributed by atoms with Crippen molar-refractivity contribution in [3.05, 3.63) is 29.8 Å². The standard InChI is InChI=1S/C19H32O4S.K/c1-2-3-4-5-6-7-8-11-18-12-14-19(15-13-18)23-16-9-10-17-24(20,21)22;/h12-15H,2-11,16-17H2,1H3,(H,20,21,22);/q;+1/p-1. The van der Waals surface area contributed by atoms with Gasteiger partial charge in [0.2, 0.25) is 0 Å². The summed E-state index contributed by atoms with van der Waals surface area (Å²) in [7, 11) is -4.10. The van der Waals surface area contributed by atoms with Crippen LogP contribution in [0.2, 0.25) is 0 Å². The fraction of sp³-hybridized carbons (Fsp3) is 0.684. The Labute approximate surface area is 196 Å². The van der Waals surface area contributed by atoms with Crippen LogP contribution in [0, 0.1) is 0 Å². The first kappa shape index (κ1) is 25.6. The molecule has 0 radical (unpaired) electrons. The Morgan fingerprint density at radius 2 is 1.48 bits per heavy atom. The number of hydrogen-bond donors (Lipinski definition) is 0. The fourth-order valence-electron chi connectivity index (χ4n) is 2.61. The van der Waals surface area contributed by atoms with Gasteiger partial charge in [0.05, 0.1) is 16.7 Å². The maximum Gasteiger partial charge on any atom is 1.00 e. The number of ether oxygens (including phenoxy) is 1. The second kappa shape index (κ2) is 15.6. The Hall–Kier alpha value is 0.566. The molecular formula is C19H31KO4S. The quantitative estimate of drug-likeness (QED) is 0.274. The van der Waals surface area contributed by atoms with Gasteiger partial charge in [-0.25, -0.2) is 8.42 Å². The summed E-state index contributed by atoms with van der Waals surface area (Å²) in [5, 5.41) is 0. The Balaban J connectivity index is 0.00000576. The van der Waals surface area contributed by atoms with Crippen molar-refractivity contribution in [2.24, 2.45) is 0 Å². The zero-order valence-electron chi connectivity index (χ0n) is 15.8. The van der Waals surface area contributed by atoms with E-state index in [1.165, 1.54) is 50.5 Å². The normalized spacial score (nSPS) is 11.1. The molecule has 138 valence electrons. The number of aryl methyl sites for hydroxylation is 1. The molecule has 0 aromatic heterocycles. The summed E-state index contributed by atoms with van der Waals surface area (Å²) in [6, 6.07) is 8.10. The maximum absolute atomic E-state index is 10.5. The van der Waals surface area contributed by atoms with Crippen LogP contribution in [0.4, 0.5) is 0 Å². The molecule has 0 heterocycles. The van der Waals surface area contributed by atoms with E-state index in [2.05, 4.69) is 19.1 Å². The van der Waals surface area contributed by atoms with Crippen LogP contribution in [0.25, 0.3) is 0 Å². The number of rotatable bonds is 14. The van der Waals surface area contributed by atoms with E-state index in [-0.39, 0.29) is 57.1 Å². The molecular weight excluding hydrogens is 363 g/mol. The van der Waals surface area contributed by atoms with Gasteiger partial charge < -0.3 is 9.29 Å². The zero-order chi connectivity index (χ0) is 17.7. The second-order valence-corrected chi connectivity index (χ2v) is 7.86. The van der Waals surface area contributed by atoms with Crippen molar-refractivity contribution >= 4 is 10.1 Å². The second-order valence-electron chi connectivity index (χ2n) is 6.33. The van der Waals surface area contributed by atoms with Crippen LogP contribution in [0.5, 0.6) is 5.75 Å². The molecule has 0 aliphatic heterocycles. The van der Waals surface area contributed by atoms with E-state index in [1.54, 1.807) is 0 Å². The summed E-state index contributed by atoms with van der Waals surface area (Å²) in [5.41, 5.74) is 1.33. The minimum absolute atomic E-state index is 0. The van der Waals surface area contributed by atoms with Crippen LogP contribution in [0.1, 0.15) is 70.3 Å². The summed E-state index contributed by atoms with van der Waals surface area (Å²) < 4.78 is 37.0. The van der Waals surface area contributed by atoms with Gasteiger partial charge in [0.1, 0.15) is 5.75 Å². The van der Waals surface area contributed by atoms with E-state index in [9.17, 15) is 13.0 Å². The smallest absolute Gasteiger partial charge is 0.748 e. The monoisotopic (exact) mass is 394 g/mol. The molecule has 0 spiro atoms. The summed E-state index contributed by atoms with van der Waals surface area (Å²) in [5.74, 6) is 0.483. The van der Waals surface area contributed by atoms with Gasteiger partial charge in [-0.1, -0.05) is 57.6 Å². The van der Waals surface area contributed by atoms with Crippen LogP contribution < -0.4 is 56.1 Å². The van der Waals surface area contributed by atoms with Crippen molar-refractivity contribution in [2.45, 2.75) is 71.1 Å². The van der Waals surface area contributed by atoms with Gasteiger partial charge in [0.25, 0.3) is 0 Å². The zero-order valence-corrected chi connectivity index (χ0v) is 19.8. The van der Waals surface area contributed by atoms with E-state index in [1.807, 2.05) is 12.1 Å². The summed E-state index contributed by atoms with van der Waals surface area (Å²) in [6.45, 7) is 2.68. The van der Waals surface area contributed by atoms with Gasteiger partial charge >= 0.3 is 51.4 Å². The first-order chi connectivity index (χ1) is 11.5. The first-order valence-corrected chi connectivity index (χ1v) is 10.7. The third kappa shape index (κ3) is 15.3. The van der Waals surface area contributed by atoms with E-state index in [0.29, 0.717) is 19.4 Å². The molecule has 0 atom stereocenters. The number of benzene rings is 1. The summed E-state index contributed by atoms with van der Waals surface area (Å²) >= 11 is 0. The van der Waals surface area contributed by atoms with Crippen molar-refractivity contribution in [1.29, 1.82) is 0 Å². The average Bonchev–Trinajstić information content (AvgIpc) is 2.54. The van der Waals surface area contributed by atoms with Crippen molar-refractivity contribution < 1.29 is 69.1 Å². The van der Waals surface area contributed by atoms with Crippen molar-refractivity contribution in [1.82, 2.24) is 0 Å². The minimum atomic E-state index is -4.10. The molecule has 0 amide bonds. The molecule has 0 unspecified atom stereocenters. The van der Waals surface area contributed by atoms with Crippen LogP contribution in [0.15, 0.2) is 24.3 Å². The van der Waals surface area contributed by atoms with Gasteiger partial charge in [0, 0.05) is 5.75 Å². The van der Waals surface area contributed by atoms with Crippen LogP contribution in [0.3, 0.4) is 0 Å². The van der Waals surface area contributed by atoms with E-state index >= 15 is 0 Å². The molecule has 1 aromatic rings. The fourth-order valence-corrected chi connectivity index (χ4v) is 3.17. The molecule has 0 saturated carbocycles. The third-order valence-electron chi connectivity index (χ3n) is 4.05. The van der Waals surface area contributed by atoms with Gasteiger partial charge in [-0.2, -0.15) is 0 Å². The van der Waals surface area contributed by atoms with Gasteiger partial charge in [-0.3, -0.25) is 0 Å². The van der Waals surface area contributed by atoms with Crippen LogP contribution in [-0.2, 0) is 16.5 Å². The molecule has 1 aromatic carbocycles. The van der Waals surface area contributed by atoms with E-state index in [0.717, 1.165) is 12.2 Å². The van der Waals surface area contributed by atoms with Crippen LogP contribution >= 0.6 is 0 Å². The Morgan fingerprint density at radius 1 is 0.880 bits per heavy atom. The van der Waals surface area contributed by atoms with Crippen molar-refractivity contribution in [3.8, 4) is 5.75 Å². The first-order valence-electron chi connectivity index (χ1n) is 9.16. The Bertz CT molecular complexity index is 529. The SMILES string of the molecule is CCCCCCCCCc1ccc(OCCCCS(=O)(=O)[O-])cc1.[K+]. The Kier molecular flexibility index (Phi) is 16.0. The molecule has 0 fully saturated rings. The molecule has 6 heteroatoms. The molecule has 0 N–H and O–H groups in total. The molecule has 4 nitrogen and oxygen atoms in total. The van der Waals surface area contributed by atoms with Crippen molar-refractivity contribution in [3.63, 3.8) is 0 Å². The maximum atomic E-state index is 10.5. The van der Waals surface area contributed by atoms with E-state index < -0.39 is 10.1 Å². The minimum Gasteiger partial charge on any atom is -0.748 e. The topological polar surface area (TPSA) is 66.4 Å². The number of hydrogen-bond acceptors (Lipinski definition) is 4. The van der Waals surface area contributed by atoms with Gasteiger partial charge in [-0.05, 0) is 43.4 Å². The average molecular weight is 395 g/mol. The molecule has 0 aliphatic rings. The van der Waals surface area contributed by atoms with Gasteiger partial charge in [-0.15, -0.1) is 0 Å². The molecule has 0 bridgehead atoms. The predicted octanol–water partition coefficient (Wildman–Crippen LogP) is 1.69. The Morgan fingerprint density at radius 3 is 2.08 bits per heavy atom. The van der Waals surface area contributed by atoms with Crippen molar-refractivity contribution in [2.75, 3.05) is 12.4 Å². The van der Waals surface area contributed by atoms with Gasteiger partial charge in [0.15, 0.2) is 0 Å². The summed E-state index contributed by atoms with van der Waals surface area (Å²) in [6.07, 6.45) is 11.3. The largest absolute Gasteiger partial charge is 1.00 e. The summed E-state index contributed by atoms with van der Waals surface area (Å²) in [4.78, 5) is 0. The van der Waals surface area contributed by atoms with Crippen LogP contribution in [-0.4, -0.2) is 25.3 Å². The molecule has 25 heavy (non-hydrogen) atoms. The molecule has 0 saturated heterocycles. The molecule has 1 rings (SSSR count). The van der Waals surface area contributed by atoms with E-state index in [4.69, 9.17) is 4.74 Å². The predicted molar refractivity (Wildman–Crippen MR) is 97.4 cm³/mol. The third-order valence-corrected chi connectivity index (χ3v) is 4.84. The molecule has 0 aliphatic carbocycles.